The molecule has 0 spiro atoms. The molecule has 0 aliphatic carbocycles. The van der Waals surface area contributed by atoms with E-state index >= 15 is 0 Å². The Kier molecular flexibility index (Phi) is 3.48. The molecule has 0 radical (unpaired) electrons. The first-order chi connectivity index (χ1) is 6.66. The molecule has 1 unspecified atom stereocenters. The molecule has 0 aromatic heterocycles. The van der Waals surface area contributed by atoms with E-state index < -0.39 is 12.1 Å². The smallest absolute Gasteiger partial charge is 0.431 e. The largest absolute Gasteiger partial charge is 0.463 e. The number of amides is 1. The zero-order valence-corrected chi connectivity index (χ0v) is 7.92. The molecule has 4 heteroatoms. The standard InChI is InChI=1S/C10H13NO3/c1-2-9(11(14)10(12)13)8-6-4-3-5-7-8/h3-7,9,14H,2H2,1H3,(H,12,13). The van der Waals surface area contributed by atoms with Gasteiger partial charge in [0.05, 0.1) is 6.04 Å². The van der Waals surface area contributed by atoms with Crippen molar-refractivity contribution in [3.8, 4) is 0 Å². The number of hydrogen-bond acceptors (Lipinski definition) is 2. The Morgan fingerprint density at radius 3 is 2.43 bits per heavy atom. The van der Waals surface area contributed by atoms with Crippen molar-refractivity contribution < 1.29 is 15.1 Å². The highest BCUT2D eigenvalue weighted by atomic mass is 16.6. The monoisotopic (exact) mass is 195 g/mol. The Morgan fingerprint density at radius 1 is 1.43 bits per heavy atom. The van der Waals surface area contributed by atoms with Crippen LogP contribution in [0.1, 0.15) is 24.9 Å². The van der Waals surface area contributed by atoms with E-state index in [0.29, 0.717) is 11.5 Å². The summed E-state index contributed by atoms with van der Waals surface area (Å²) in [5, 5.41) is 18.2. The molecule has 14 heavy (non-hydrogen) atoms. The Hall–Kier alpha value is -1.55. The van der Waals surface area contributed by atoms with Crippen LogP contribution in [-0.2, 0) is 0 Å². The van der Waals surface area contributed by atoms with Crippen LogP contribution in [-0.4, -0.2) is 21.5 Å². The predicted octanol–water partition coefficient (Wildman–Crippen LogP) is 2.51. The van der Waals surface area contributed by atoms with Crippen molar-refractivity contribution in [3.63, 3.8) is 0 Å². The van der Waals surface area contributed by atoms with Gasteiger partial charge < -0.3 is 5.11 Å². The van der Waals surface area contributed by atoms with E-state index in [2.05, 4.69) is 0 Å². The van der Waals surface area contributed by atoms with Gasteiger partial charge in [0.2, 0.25) is 0 Å². The molecule has 0 bridgehead atoms. The molecule has 0 fully saturated rings. The first-order valence-corrected chi connectivity index (χ1v) is 4.42. The fraction of sp³-hybridized carbons (Fsp3) is 0.300. The SMILES string of the molecule is CCC(c1ccccc1)N(O)C(=O)O. The predicted molar refractivity (Wildman–Crippen MR) is 51.1 cm³/mol. The van der Waals surface area contributed by atoms with Gasteiger partial charge in [-0.2, -0.15) is 5.06 Å². The van der Waals surface area contributed by atoms with Crippen LogP contribution >= 0.6 is 0 Å². The second-order valence-corrected chi connectivity index (χ2v) is 2.96. The molecule has 2 N–H and O–H groups in total. The number of carboxylic acid groups (broad SMARTS) is 1. The lowest BCUT2D eigenvalue weighted by atomic mass is 10.0. The molecular formula is C10H13NO3. The second kappa shape index (κ2) is 4.62. The molecule has 0 saturated heterocycles. The molecule has 0 aliphatic heterocycles. The van der Waals surface area contributed by atoms with Crippen molar-refractivity contribution in [1.82, 2.24) is 5.06 Å². The molecular weight excluding hydrogens is 182 g/mol. The highest BCUT2D eigenvalue weighted by molar-refractivity contribution is 5.64. The lowest BCUT2D eigenvalue weighted by Crippen LogP contribution is -2.29. The summed E-state index contributed by atoms with van der Waals surface area (Å²) in [6, 6.07) is 8.56. The summed E-state index contributed by atoms with van der Waals surface area (Å²) >= 11 is 0. The number of benzene rings is 1. The van der Waals surface area contributed by atoms with Gasteiger partial charge in [-0.1, -0.05) is 37.3 Å². The second-order valence-electron chi connectivity index (χ2n) is 2.96. The summed E-state index contributed by atoms with van der Waals surface area (Å²) < 4.78 is 0. The van der Waals surface area contributed by atoms with E-state index in [-0.39, 0.29) is 0 Å². The number of hydroxylamine groups is 2. The maximum atomic E-state index is 10.5. The van der Waals surface area contributed by atoms with Crippen LogP contribution in [0, 0.1) is 0 Å². The van der Waals surface area contributed by atoms with Gasteiger partial charge >= 0.3 is 6.09 Å². The van der Waals surface area contributed by atoms with Crippen LogP contribution in [0.25, 0.3) is 0 Å². The molecule has 1 rings (SSSR count). The third-order valence-electron chi connectivity index (χ3n) is 2.06. The zero-order chi connectivity index (χ0) is 10.6. The fourth-order valence-corrected chi connectivity index (χ4v) is 1.36. The van der Waals surface area contributed by atoms with Gasteiger partial charge in [-0.25, -0.2) is 4.79 Å². The minimum atomic E-state index is -1.33. The summed E-state index contributed by atoms with van der Waals surface area (Å²) in [6.07, 6.45) is -0.798. The number of carbonyl (C=O) groups is 1. The Labute approximate surface area is 82.4 Å². The Morgan fingerprint density at radius 2 is 2.00 bits per heavy atom. The number of nitrogens with zero attached hydrogens (tertiary/aromatic N) is 1. The van der Waals surface area contributed by atoms with E-state index in [0.717, 1.165) is 5.56 Å². The van der Waals surface area contributed by atoms with Crippen LogP contribution in [0.15, 0.2) is 30.3 Å². The van der Waals surface area contributed by atoms with E-state index in [9.17, 15) is 10.0 Å². The highest BCUT2D eigenvalue weighted by Crippen LogP contribution is 2.21. The zero-order valence-electron chi connectivity index (χ0n) is 7.92. The van der Waals surface area contributed by atoms with Crippen molar-refractivity contribution in [1.29, 1.82) is 0 Å². The molecule has 1 atom stereocenters. The van der Waals surface area contributed by atoms with Crippen molar-refractivity contribution >= 4 is 6.09 Å². The van der Waals surface area contributed by atoms with Crippen LogP contribution in [0.5, 0.6) is 0 Å². The molecule has 0 saturated carbocycles. The Bertz CT molecular complexity index is 299. The van der Waals surface area contributed by atoms with Crippen LogP contribution in [0.3, 0.4) is 0 Å². The lowest BCUT2D eigenvalue weighted by molar-refractivity contribution is -0.0986. The third-order valence-corrected chi connectivity index (χ3v) is 2.06. The van der Waals surface area contributed by atoms with E-state index in [1.54, 1.807) is 12.1 Å². The van der Waals surface area contributed by atoms with Gasteiger partial charge in [0.15, 0.2) is 0 Å². The summed E-state index contributed by atoms with van der Waals surface area (Å²) in [5.74, 6) is 0. The van der Waals surface area contributed by atoms with E-state index in [4.69, 9.17) is 5.11 Å². The average Bonchev–Trinajstić information content (AvgIpc) is 2.20. The summed E-state index contributed by atoms with van der Waals surface area (Å²) in [6.45, 7) is 1.82. The van der Waals surface area contributed by atoms with Gasteiger partial charge in [-0.15, -0.1) is 0 Å². The molecule has 1 aromatic rings. The maximum absolute atomic E-state index is 10.5. The van der Waals surface area contributed by atoms with Gasteiger partial charge in [0, 0.05) is 0 Å². The summed E-state index contributed by atoms with van der Waals surface area (Å²) in [5.41, 5.74) is 0.792. The minimum absolute atomic E-state index is 0.343. The number of rotatable bonds is 3. The normalized spacial score (nSPS) is 12.1. The summed E-state index contributed by atoms with van der Waals surface area (Å²) in [7, 11) is 0. The van der Waals surface area contributed by atoms with E-state index in [1.165, 1.54) is 0 Å². The van der Waals surface area contributed by atoms with Crippen LogP contribution in [0.2, 0.25) is 0 Å². The molecule has 0 heterocycles. The molecule has 1 amide bonds. The van der Waals surface area contributed by atoms with Crippen molar-refractivity contribution in [2.24, 2.45) is 0 Å². The van der Waals surface area contributed by atoms with Crippen molar-refractivity contribution in [3.05, 3.63) is 35.9 Å². The number of hydrogen-bond donors (Lipinski definition) is 2. The quantitative estimate of drug-likeness (QED) is 0.575. The third kappa shape index (κ3) is 2.23. The summed E-state index contributed by atoms with van der Waals surface area (Å²) in [4.78, 5) is 10.5. The van der Waals surface area contributed by atoms with Gasteiger partial charge in [-0.3, -0.25) is 5.21 Å². The molecule has 0 aliphatic rings. The van der Waals surface area contributed by atoms with Gasteiger partial charge in [0.1, 0.15) is 0 Å². The minimum Gasteiger partial charge on any atom is -0.463 e. The average molecular weight is 195 g/mol. The lowest BCUT2D eigenvalue weighted by Gasteiger charge is -2.22. The van der Waals surface area contributed by atoms with Crippen LogP contribution in [0.4, 0.5) is 4.79 Å². The van der Waals surface area contributed by atoms with Crippen LogP contribution < -0.4 is 0 Å². The topological polar surface area (TPSA) is 60.8 Å². The molecule has 4 nitrogen and oxygen atoms in total. The van der Waals surface area contributed by atoms with Gasteiger partial charge in [0.25, 0.3) is 0 Å². The van der Waals surface area contributed by atoms with E-state index in [1.807, 2.05) is 25.1 Å². The van der Waals surface area contributed by atoms with Crippen molar-refractivity contribution in [2.45, 2.75) is 19.4 Å². The Balaban J connectivity index is 2.87. The molecule has 1 aromatic carbocycles. The first kappa shape index (κ1) is 10.5. The maximum Gasteiger partial charge on any atom is 0.431 e. The van der Waals surface area contributed by atoms with Crippen molar-refractivity contribution in [2.75, 3.05) is 0 Å². The highest BCUT2D eigenvalue weighted by Gasteiger charge is 2.20. The molecule has 76 valence electrons. The first-order valence-electron chi connectivity index (χ1n) is 4.42. The fourth-order valence-electron chi connectivity index (χ4n) is 1.36. The van der Waals surface area contributed by atoms with Gasteiger partial charge in [-0.05, 0) is 12.0 Å².